The van der Waals surface area contributed by atoms with Crippen LogP contribution >= 0.6 is 7.60 Å². The first-order valence-electron chi connectivity index (χ1n) is 6.32. The normalized spacial score (nSPS) is 11.9. The number of aliphatic imine (C=N–C) groups is 1. The number of nitrogens with zero attached hydrogens (tertiary/aromatic N) is 2. The van der Waals surface area contributed by atoms with Crippen LogP contribution in [-0.2, 0) is 11.0 Å². The van der Waals surface area contributed by atoms with Crippen molar-refractivity contribution in [2.75, 3.05) is 11.9 Å². The highest BCUT2D eigenvalue weighted by molar-refractivity contribution is 7.51. The summed E-state index contributed by atoms with van der Waals surface area (Å²) in [5.41, 5.74) is 8.43. The topological polar surface area (TPSA) is 109 Å². The van der Waals surface area contributed by atoms with Gasteiger partial charge in [0.25, 0.3) is 0 Å². The van der Waals surface area contributed by atoms with Gasteiger partial charge in [-0.1, -0.05) is 12.1 Å². The Morgan fingerprint density at radius 1 is 1.29 bits per heavy atom. The number of pyridine rings is 1. The Morgan fingerprint density at radius 2 is 2.05 bits per heavy atom. The molecule has 1 aromatic carbocycles. The second-order valence-electron chi connectivity index (χ2n) is 4.54. The number of para-hydroxylation sites is 2. The lowest BCUT2D eigenvalue weighted by Gasteiger charge is -2.04. The second kappa shape index (κ2) is 6.63. The van der Waals surface area contributed by atoms with Crippen LogP contribution in [0.4, 0.5) is 11.4 Å². The summed E-state index contributed by atoms with van der Waals surface area (Å²) in [7, 11) is -3.99. The van der Waals surface area contributed by atoms with E-state index in [0.29, 0.717) is 23.5 Å². The Morgan fingerprint density at radius 3 is 2.76 bits per heavy atom. The van der Waals surface area contributed by atoms with E-state index < -0.39 is 7.60 Å². The van der Waals surface area contributed by atoms with Crippen LogP contribution in [0.3, 0.4) is 0 Å². The third-order valence-corrected chi connectivity index (χ3v) is 3.62. The quantitative estimate of drug-likeness (QED) is 0.445. The minimum absolute atomic E-state index is 0.181. The average molecular weight is 305 g/mol. The molecule has 0 atom stereocenters. The van der Waals surface area contributed by atoms with Gasteiger partial charge in [-0.3, -0.25) is 14.5 Å². The van der Waals surface area contributed by atoms with Gasteiger partial charge in [0, 0.05) is 6.20 Å². The van der Waals surface area contributed by atoms with Crippen LogP contribution in [0.2, 0.25) is 0 Å². The lowest BCUT2D eigenvalue weighted by Crippen LogP contribution is -1.96. The van der Waals surface area contributed by atoms with Gasteiger partial charge in [-0.2, -0.15) is 0 Å². The van der Waals surface area contributed by atoms with Crippen LogP contribution in [0.1, 0.15) is 11.3 Å². The van der Waals surface area contributed by atoms with Gasteiger partial charge in [0.2, 0.25) is 0 Å². The number of anilines is 1. The molecule has 0 radical (unpaired) electrons. The van der Waals surface area contributed by atoms with Crippen molar-refractivity contribution in [3.8, 4) is 0 Å². The summed E-state index contributed by atoms with van der Waals surface area (Å²) in [5, 5.41) is 0. The fourth-order valence-electron chi connectivity index (χ4n) is 1.74. The molecule has 0 bridgehead atoms. The fraction of sp³-hybridized carbons (Fsp3) is 0.143. The minimum atomic E-state index is -3.99. The first kappa shape index (κ1) is 15.4. The summed E-state index contributed by atoms with van der Waals surface area (Å²) >= 11 is 0. The van der Waals surface area contributed by atoms with Crippen molar-refractivity contribution < 1.29 is 14.4 Å². The summed E-state index contributed by atoms with van der Waals surface area (Å²) in [6.07, 6.45) is 3.28. The summed E-state index contributed by atoms with van der Waals surface area (Å²) < 4.78 is 10.9. The molecule has 0 amide bonds. The van der Waals surface area contributed by atoms with Crippen molar-refractivity contribution in [2.24, 2.45) is 4.99 Å². The number of aryl methyl sites for hydroxylation is 1. The van der Waals surface area contributed by atoms with Crippen molar-refractivity contribution in [2.45, 2.75) is 6.42 Å². The average Bonchev–Trinajstić information content (AvgIpc) is 2.44. The van der Waals surface area contributed by atoms with E-state index in [1.54, 1.807) is 36.7 Å². The van der Waals surface area contributed by atoms with E-state index in [-0.39, 0.29) is 6.16 Å². The second-order valence-corrected chi connectivity index (χ2v) is 6.32. The zero-order chi connectivity index (χ0) is 15.3. The molecule has 2 rings (SSSR count). The van der Waals surface area contributed by atoms with E-state index >= 15 is 0 Å². The number of hydrogen-bond acceptors (Lipinski definition) is 4. The van der Waals surface area contributed by atoms with E-state index in [0.717, 1.165) is 5.56 Å². The standard InChI is InChI=1S/C14H16N3O3P/c15-13-3-1-2-4-14(13)17-10-12-9-11(5-7-16-12)6-8-21(18,19)20/h1-5,7,9-10H,6,8,15H2,(H2,18,19,20)/b17-10+. The van der Waals surface area contributed by atoms with Gasteiger partial charge in [0.05, 0.1) is 29.4 Å². The molecule has 1 aromatic heterocycles. The van der Waals surface area contributed by atoms with Crippen LogP contribution in [0.5, 0.6) is 0 Å². The van der Waals surface area contributed by atoms with E-state index in [1.807, 2.05) is 12.1 Å². The Labute approximate surface area is 122 Å². The van der Waals surface area contributed by atoms with Crippen molar-refractivity contribution in [3.05, 3.63) is 53.9 Å². The molecule has 0 aliphatic rings. The molecule has 7 heteroatoms. The maximum atomic E-state index is 10.9. The minimum Gasteiger partial charge on any atom is -0.397 e. The van der Waals surface area contributed by atoms with Crippen LogP contribution < -0.4 is 5.73 Å². The van der Waals surface area contributed by atoms with Crippen LogP contribution in [0.25, 0.3) is 0 Å². The molecule has 0 unspecified atom stereocenters. The molecular weight excluding hydrogens is 289 g/mol. The van der Waals surface area contributed by atoms with Crippen molar-refractivity contribution in [1.29, 1.82) is 0 Å². The third-order valence-electron chi connectivity index (χ3n) is 2.81. The highest BCUT2D eigenvalue weighted by Gasteiger charge is 2.12. The van der Waals surface area contributed by atoms with E-state index in [1.165, 1.54) is 0 Å². The maximum Gasteiger partial charge on any atom is 0.325 e. The van der Waals surface area contributed by atoms with Crippen LogP contribution in [-0.4, -0.2) is 27.1 Å². The molecule has 2 aromatic rings. The smallest absolute Gasteiger partial charge is 0.325 e. The molecule has 0 aliphatic carbocycles. The van der Waals surface area contributed by atoms with Gasteiger partial charge < -0.3 is 15.5 Å². The fourth-order valence-corrected chi connectivity index (χ4v) is 2.29. The van der Waals surface area contributed by atoms with Gasteiger partial charge in [0.1, 0.15) is 0 Å². The molecule has 0 fully saturated rings. The third kappa shape index (κ3) is 5.11. The summed E-state index contributed by atoms with van der Waals surface area (Å²) in [4.78, 5) is 26.2. The summed E-state index contributed by atoms with van der Waals surface area (Å²) in [6, 6.07) is 10.7. The molecule has 1 heterocycles. The van der Waals surface area contributed by atoms with E-state index in [2.05, 4.69) is 9.98 Å². The molecule has 6 nitrogen and oxygen atoms in total. The number of hydrogen-bond donors (Lipinski definition) is 3. The van der Waals surface area contributed by atoms with Crippen LogP contribution in [0.15, 0.2) is 47.6 Å². The first-order valence-corrected chi connectivity index (χ1v) is 8.12. The Kier molecular flexibility index (Phi) is 4.85. The Bertz CT molecular complexity index is 697. The van der Waals surface area contributed by atoms with Crippen molar-refractivity contribution in [3.63, 3.8) is 0 Å². The van der Waals surface area contributed by atoms with Gasteiger partial charge in [-0.25, -0.2) is 0 Å². The van der Waals surface area contributed by atoms with Gasteiger partial charge in [-0.15, -0.1) is 0 Å². The van der Waals surface area contributed by atoms with Gasteiger partial charge >= 0.3 is 7.60 Å². The monoisotopic (exact) mass is 305 g/mol. The molecular formula is C14H16N3O3P. The van der Waals surface area contributed by atoms with Crippen molar-refractivity contribution in [1.82, 2.24) is 4.98 Å². The zero-order valence-corrected chi connectivity index (χ0v) is 12.1. The maximum absolute atomic E-state index is 10.9. The number of benzene rings is 1. The summed E-state index contributed by atoms with van der Waals surface area (Å²) in [6.45, 7) is 0. The molecule has 0 spiro atoms. The van der Waals surface area contributed by atoms with Crippen LogP contribution in [0, 0.1) is 0 Å². The van der Waals surface area contributed by atoms with Gasteiger partial charge in [0.15, 0.2) is 0 Å². The SMILES string of the molecule is Nc1ccccc1/N=C/c1cc(CCP(=O)(O)O)ccn1. The predicted molar refractivity (Wildman–Crippen MR) is 83.0 cm³/mol. The van der Waals surface area contributed by atoms with Crippen molar-refractivity contribution >= 4 is 25.2 Å². The predicted octanol–water partition coefficient (Wildman–Crippen LogP) is 2.13. The van der Waals surface area contributed by atoms with E-state index in [4.69, 9.17) is 15.5 Å². The molecule has 110 valence electrons. The number of aromatic nitrogens is 1. The largest absolute Gasteiger partial charge is 0.397 e. The highest BCUT2D eigenvalue weighted by Crippen LogP contribution is 2.34. The summed E-state index contributed by atoms with van der Waals surface area (Å²) in [5.74, 6) is 0. The lowest BCUT2D eigenvalue weighted by molar-refractivity contribution is 0.373. The lowest BCUT2D eigenvalue weighted by atomic mass is 10.2. The first-order chi connectivity index (χ1) is 9.94. The zero-order valence-electron chi connectivity index (χ0n) is 11.3. The molecule has 0 aliphatic heterocycles. The Balaban J connectivity index is 2.11. The molecule has 4 N–H and O–H groups in total. The van der Waals surface area contributed by atoms with Gasteiger partial charge in [-0.05, 0) is 36.2 Å². The molecule has 21 heavy (non-hydrogen) atoms. The highest BCUT2D eigenvalue weighted by atomic mass is 31.2. The number of rotatable bonds is 5. The Hall–Kier alpha value is -2.01. The number of nitrogens with two attached hydrogens (primary N) is 1. The number of nitrogen functional groups attached to an aromatic ring is 1. The van der Waals surface area contributed by atoms with E-state index in [9.17, 15) is 4.57 Å². The molecule has 0 saturated carbocycles. The molecule has 0 saturated heterocycles.